The molecule has 0 aliphatic carbocycles. The number of carbonyl (C=O) groups excluding carboxylic acids is 1. The number of esters is 1. The third-order valence-corrected chi connectivity index (χ3v) is 8.38. The van der Waals surface area contributed by atoms with Crippen molar-refractivity contribution in [2.45, 2.75) is 64.7 Å². The van der Waals surface area contributed by atoms with E-state index in [0.717, 1.165) is 11.1 Å². The van der Waals surface area contributed by atoms with Gasteiger partial charge >= 0.3 is 19.5 Å². The number of hydrogen-bond acceptors (Lipinski definition) is 10. The molecular formula is C25H31BrN3O9P. The van der Waals surface area contributed by atoms with Crippen LogP contribution in [-0.4, -0.2) is 40.4 Å². The first-order chi connectivity index (χ1) is 18.5. The number of rotatable bonds is 9. The number of nitrogens with two attached hydrogens (primary N) is 1. The molecule has 0 saturated carbocycles. The molecular weight excluding hydrogens is 597 g/mol. The lowest BCUT2D eigenvalue weighted by atomic mass is 10.0. The molecule has 0 bridgehead atoms. The van der Waals surface area contributed by atoms with E-state index in [-0.39, 0.29) is 31.1 Å². The van der Waals surface area contributed by atoms with Gasteiger partial charge in [0.1, 0.15) is 30.2 Å². The van der Waals surface area contributed by atoms with Gasteiger partial charge in [0.2, 0.25) is 0 Å². The van der Waals surface area contributed by atoms with Gasteiger partial charge in [0.15, 0.2) is 0 Å². The minimum atomic E-state index is -4.03. The number of nitrogens with zero attached hydrogens (tertiary/aromatic N) is 1. The van der Waals surface area contributed by atoms with Crippen LogP contribution in [0.4, 0.5) is 0 Å². The quantitative estimate of drug-likeness (QED) is 0.311. The molecule has 0 amide bonds. The normalized spacial score (nSPS) is 26.1. The van der Waals surface area contributed by atoms with Gasteiger partial charge < -0.3 is 19.7 Å². The minimum Gasteiger partial charge on any atom is -0.458 e. The number of H-pyrrole nitrogens is 1. The second-order valence-corrected chi connectivity index (χ2v) is 11.6. The average Bonchev–Trinajstić information content (AvgIpc) is 3.31. The highest BCUT2D eigenvalue weighted by atomic mass is 79.9. The molecule has 3 N–H and O–H groups in total. The molecule has 3 unspecified atom stereocenters. The molecule has 3 heterocycles. The summed E-state index contributed by atoms with van der Waals surface area (Å²) in [5.41, 5.74) is 6.49. The molecule has 2 aromatic rings. The average molecular weight is 628 g/mol. The van der Waals surface area contributed by atoms with E-state index in [1.165, 1.54) is 21.8 Å². The molecule has 39 heavy (non-hydrogen) atoms. The zero-order valence-corrected chi connectivity index (χ0v) is 24.2. The van der Waals surface area contributed by atoms with Crippen LogP contribution >= 0.6 is 23.8 Å². The van der Waals surface area contributed by atoms with Crippen LogP contribution in [0.3, 0.4) is 0 Å². The molecule has 1 aromatic carbocycles. The second kappa shape index (κ2) is 12.3. The smallest absolute Gasteiger partial charge is 0.458 e. The van der Waals surface area contributed by atoms with Crippen LogP contribution in [0.25, 0.3) is 6.08 Å². The summed E-state index contributed by atoms with van der Waals surface area (Å²) in [4.78, 5) is 41.2. The SMILES string of the molecule is CCC(C)C(N)C(=O)O[C@H]1C[C@H](n2cc(/C=C/Br)c(=O)[nH]c2=O)O[C@@H]1COP1(=O)OCc2cccc(C)c2O1. The zero-order valence-electron chi connectivity index (χ0n) is 21.7. The van der Waals surface area contributed by atoms with Crippen molar-refractivity contribution in [2.24, 2.45) is 11.7 Å². The lowest BCUT2D eigenvalue weighted by Crippen LogP contribution is -2.42. The molecule has 1 saturated heterocycles. The molecule has 14 heteroatoms. The Hall–Kier alpha value is -2.54. The fraction of sp³-hybridized carbons (Fsp3) is 0.480. The first kappa shape index (κ1) is 29.4. The second-order valence-electron chi connectivity index (χ2n) is 9.47. The van der Waals surface area contributed by atoms with Gasteiger partial charge in [-0.25, -0.2) is 9.36 Å². The van der Waals surface area contributed by atoms with E-state index in [9.17, 15) is 18.9 Å². The molecule has 1 fully saturated rings. The number of para-hydroxylation sites is 1. The monoisotopic (exact) mass is 627 g/mol. The summed E-state index contributed by atoms with van der Waals surface area (Å²) in [5, 5.41) is 0. The lowest BCUT2D eigenvalue weighted by molar-refractivity contribution is -0.155. The third kappa shape index (κ3) is 6.62. The molecule has 4 rings (SSSR count). The van der Waals surface area contributed by atoms with Gasteiger partial charge in [-0.05, 0) is 29.5 Å². The van der Waals surface area contributed by atoms with Gasteiger partial charge in [-0.1, -0.05) is 54.4 Å². The van der Waals surface area contributed by atoms with Gasteiger partial charge in [0.05, 0.1) is 18.8 Å². The Morgan fingerprint density at radius 1 is 1.38 bits per heavy atom. The van der Waals surface area contributed by atoms with E-state index in [0.29, 0.717) is 12.2 Å². The Morgan fingerprint density at radius 3 is 2.87 bits per heavy atom. The minimum absolute atomic E-state index is 0.0290. The van der Waals surface area contributed by atoms with Crippen LogP contribution in [0.2, 0.25) is 0 Å². The predicted octanol–water partition coefficient (Wildman–Crippen LogP) is 3.52. The fourth-order valence-electron chi connectivity index (χ4n) is 4.23. The van der Waals surface area contributed by atoms with Gasteiger partial charge in [0, 0.05) is 18.2 Å². The van der Waals surface area contributed by atoms with Crippen LogP contribution in [0, 0.1) is 12.8 Å². The van der Waals surface area contributed by atoms with Crippen molar-refractivity contribution >= 4 is 35.8 Å². The maximum Gasteiger partial charge on any atom is 0.530 e. The van der Waals surface area contributed by atoms with Crippen molar-refractivity contribution in [2.75, 3.05) is 6.61 Å². The number of nitrogens with one attached hydrogen (secondary N) is 1. The van der Waals surface area contributed by atoms with Crippen LogP contribution in [0.1, 0.15) is 49.6 Å². The van der Waals surface area contributed by atoms with E-state index in [2.05, 4.69) is 20.9 Å². The largest absolute Gasteiger partial charge is 0.530 e. The number of benzene rings is 1. The van der Waals surface area contributed by atoms with Crippen molar-refractivity contribution in [3.63, 3.8) is 0 Å². The number of fused-ring (bicyclic) bond motifs is 1. The Bertz CT molecular complexity index is 1410. The first-order valence-electron chi connectivity index (χ1n) is 12.5. The number of phosphoric acid groups is 1. The standard InChI is InChI=1S/C25H31BrN3O9P/c1-4-14(2)21(27)24(31)37-18-10-20(29-11-16(8-9-26)23(30)28-25(29)32)36-19(18)13-35-39(33)34-12-17-7-5-6-15(3)22(17)38-39/h5-9,11,14,18-21H,4,10,12-13,27H2,1-3H3,(H,28,30,32)/b9-8+/t14?,18-,19+,20+,21?,39?/m0/s1. The topological polar surface area (TPSA) is 161 Å². The molecule has 212 valence electrons. The van der Waals surface area contributed by atoms with E-state index >= 15 is 0 Å². The van der Waals surface area contributed by atoms with E-state index in [4.69, 9.17) is 28.8 Å². The lowest BCUT2D eigenvalue weighted by Gasteiger charge is -2.27. The maximum absolute atomic E-state index is 13.3. The number of halogens is 1. The number of carbonyl (C=O) groups is 1. The van der Waals surface area contributed by atoms with Crippen LogP contribution in [-0.2, 0) is 34.5 Å². The number of phosphoric ester groups is 1. The summed E-state index contributed by atoms with van der Waals surface area (Å²) in [6, 6.07) is 4.58. The van der Waals surface area contributed by atoms with Crippen molar-refractivity contribution < 1.29 is 32.4 Å². The number of hydrogen-bond donors (Lipinski definition) is 2. The van der Waals surface area contributed by atoms with Crippen molar-refractivity contribution in [1.29, 1.82) is 0 Å². The third-order valence-electron chi connectivity index (χ3n) is 6.80. The fourth-order valence-corrected chi connectivity index (χ4v) is 5.81. The summed E-state index contributed by atoms with van der Waals surface area (Å²) in [7, 11) is -4.03. The molecule has 2 aliphatic heterocycles. The van der Waals surface area contributed by atoms with Gasteiger partial charge in [-0.3, -0.25) is 28.2 Å². The molecule has 2 aliphatic rings. The summed E-state index contributed by atoms with van der Waals surface area (Å²) in [6.07, 6.45) is 0.736. The van der Waals surface area contributed by atoms with E-state index in [1.807, 2.05) is 32.9 Å². The Balaban J connectivity index is 1.56. The molecule has 12 nitrogen and oxygen atoms in total. The molecule has 6 atom stereocenters. The van der Waals surface area contributed by atoms with Crippen LogP contribution < -0.4 is 21.5 Å². The first-order valence-corrected chi connectivity index (χ1v) is 14.8. The molecule has 1 aromatic heterocycles. The van der Waals surface area contributed by atoms with Crippen molar-refractivity contribution in [1.82, 2.24) is 9.55 Å². The number of aryl methyl sites for hydroxylation is 1. The molecule has 0 spiro atoms. The zero-order chi connectivity index (χ0) is 28.3. The van der Waals surface area contributed by atoms with Crippen molar-refractivity contribution in [3.05, 3.63) is 66.9 Å². The number of aromatic nitrogens is 2. The van der Waals surface area contributed by atoms with Crippen molar-refractivity contribution in [3.8, 4) is 5.75 Å². The Kier molecular flexibility index (Phi) is 9.30. The van der Waals surface area contributed by atoms with E-state index in [1.54, 1.807) is 6.07 Å². The summed E-state index contributed by atoms with van der Waals surface area (Å²) < 4.78 is 42.8. The van der Waals surface area contributed by atoms with Crippen LogP contribution in [0.15, 0.2) is 39.0 Å². The number of ether oxygens (including phenoxy) is 2. The summed E-state index contributed by atoms with van der Waals surface area (Å²) in [6.45, 7) is 5.25. The van der Waals surface area contributed by atoms with Crippen LogP contribution in [0.5, 0.6) is 5.75 Å². The Labute approximate surface area is 233 Å². The number of aromatic amines is 1. The summed E-state index contributed by atoms with van der Waals surface area (Å²) >= 11 is 3.11. The maximum atomic E-state index is 13.3. The highest BCUT2D eigenvalue weighted by Gasteiger charge is 2.43. The van der Waals surface area contributed by atoms with Gasteiger partial charge in [-0.15, -0.1) is 0 Å². The summed E-state index contributed by atoms with van der Waals surface area (Å²) in [5.74, 6) is -0.345. The highest BCUT2D eigenvalue weighted by molar-refractivity contribution is 9.11. The highest BCUT2D eigenvalue weighted by Crippen LogP contribution is 2.55. The Morgan fingerprint density at radius 2 is 2.15 bits per heavy atom. The van der Waals surface area contributed by atoms with Gasteiger partial charge in [-0.2, -0.15) is 0 Å². The molecule has 0 radical (unpaired) electrons. The van der Waals surface area contributed by atoms with Gasteiger partial charge in [0.25, 0.3) is 5.56 Å². The predicted molar refractivity (Wildman–Crippen MR) is 145 cm³/mol. The van der Waals surface area contributed by atoms with E-state index < -0.39 is 49.5 Å².